The second-order valence-corrected chi connectivity index (χ2v) is 12.1. The molecule has 2 amide bonds. The zero-order chi connectivity index (χ0) is 37.9. The Morgan fingerprint density at radius 3 is 1.10 bits per heavy atom. The number of amides is 2. The summed E-state index contributed by atoms with van der Waals surface area (Å²) in [5.74, 6) is -1.92. The Hall–Kier alpha value is -5.64. The molecule has 10 nitrogen and oxygen atoms in total. The van der Waals surface area contributed by atoms with Crippen LogP contribution in [-0.4, -0.2) is 95.8 Å². The molecule has 1 saturated heterocycles. The average molecular weight is 707 g/mol. The van der Waals surface area contributed by atoms with E-state index in [9.17, 15) is 29.4 Å². The van der Waals surface area contributed by atoms with Crippen LogP contribution in [-0.2, 0) is 0 Å². The van der Waals surface area contributed by atoms with E-state index in [2.05, 4.69) is 9.80 Å². The second-order valence-electron chi connectivity index (χ2n) is 12.1. The summed E-state index contributed by atoms with van der Waals surface area (Å²) < 4.78 is 0. The quantitative estimate of drug-likeness (QED) is 0.153. The van der Waals surface area contributed by atoms with E-state index in [1.807, 2.05) is 41.5 Å². The Morgan fingerprint density at radius 1 is 0.500 bits per heavy atom. The van der Waals surface area contributed by atoms with Crippen molar-refractivity contribution in [1.82, 2.24) is 9.80 Å². The molecule has 0 atom stereocenters. The highest BCUT2D eigenvalue weighted by Gasteiger charge is 2.30. The van der Waals surface area contributed by atoms with Gasteiger partial charge in [-0.15, -0.1) is 0 Å². The first-order chi connectivity index (χ1) is 25.1. The third-order valence-electron chi connectivity index (χ3n) is 9.37. The molecule has 1 aliphatic rings. The summed E-state index contributed by atoms with van der Waals surface area (Å²) in [6.07, 6.45) is 0. The minimum Gasteiger partial charge on any atom is -0.507 e. The number of phenolic OH excluding ortho intramolecular Hbond substituents is 2. The highest BCUT2D eigenvalue weighted by atomic mass is 16.3. The summed E-state index contributed by atoms with van der Waals surface area (Å²) in [5.41, 5.74) is 2.62. The van der Waals surface area contributed by atoms with Gasteiger partial charge in [0, 0.05) is 87.0 Å². The molecule has 4 aromatic rings. The van der Waals surface area contributed by atoms with Gasteiger partial charge in [0.15, 0.2) is 11.6 Å². The normalized spacial score (nSPS) is 12.4. The Morgan fingerprint density at radius 2 is 0.808 bits per heavy atom. The third-order valence-corrected chi connectivity index (χ3v) is 9.37. The Labute approximate surface area is 306 Å². The molecule has 1 fully saturated rings. The van der Waals surface area contributed by atoms with Crippen LogP contribution in [0.5, 0.6) is 11.5 Å². The first-order valence-electron chi connectivity index (χ1n) is 18.1. The van der Waals surface area contributed by atoms with Crippen molar-refractivity contribution in [2.75, 3.05) is 62.2 Å². The molecule has 0 bridgehead atoms. The number of nitrogens with zero attached hydrogens (tertiary/aromatic N) is 4. The molecular formula is C42H50N4O6. The maximum absolute atomic E-state index is 13.8. The number of hydrogen-bond acceptors (Lipinski definition) is 8. The molecule has 10 heteroatoms. The van der Waals surface area contributed by atoms with Gasteiger partial charge in [-0.25, -0.2) is 0 Å². The molecule has 52 heavy (non-hydrogen) atoms. The van der Waals surface area contributed by atoms with Gasteiger partial charge < -0.3 is 29.8 Å². The van der Waals surface area contributed by atoms with E-state index in [4.69, 9.17) is 0 Å². The maximum atomic E-state index is 13.8. The highest BCUT2D eigenvalue weighted by molar-refractivity contribution is 6.17. The van der Waals surface area contributed by atoms with Gasteiger partial charge in [0.1, 0.15) is 11.5 Å². The van der Waals surface area contributed by atoms with Crippen LogP contribution in [0.15, 0.2) is 84.9 Å². The van der Waals surface area contributed by atoms with Crippen LogP contribution >= 0.6 is 0 Å². The Kier molecular flexibility index (Phi) is 13.6. The molecular weight excluding hydrogens is 656 g/mol. The Bertz CT molecular complexity index is 1750. The smallest absolute Gasteiger partial charge is 0.254 e. The topological polar surface area (TPSA) is 122 Å². The van der Waals surface area contributed by atoms with E-state index in [1.165, 1.54) is 0 Å². The SMILES string of the molecule is CC.CCN(CC)c1ccc(C(=O)c2ccccc2C(=O)N2CCN(C(=O)c3ccccc3C(=O)c3ccc(N(CC)CC)cc3O)CC2)c(O)c1. The predicted octanol–water partition coefficient (Wildman–Crippen LogP) is 6.88. The van der Waals surface area contributed by atoms with Gasteiger partial charge in [-0.2, -0.15) is 0 Å². The number of aromatic hydroxyl groups is 2. The number of carbonyl (C=O) groups is 4. The minimum absolute atomic E-state index is 0.109. The fourth-order valence-electron chi connectivity index (χ4n) is 6.47. The molecule has 0 radical (unpaired) electrons. The molecule has 0 spiro atoms. The predicted molar refractivity (Wildman–Crippen MR) is 206 cm³/mol. The van der Waals surface area contributed by atoms with Crippen LogP contribution in [0.25, 0.3) is 0 Å². The number of piperazine rings is 1. The molecule has 0 unspecified atom stereocenters. The van der Waals surface area contributed by atoms with Crippen molar-refractivity contribution < 1.29 is 29.4 Å². The van der Waals surface area contributed by atoms with Gasteiger partial charge in [-0.05, 0) is 64.1 Å². The molecule has 5 rings (SSSR count). The average Bonchev–Trinajstić information content (AvgIpc) is 3.19. The van der Waals surface area contributed by atoms with E-state index in [1.54, 1.807) is 94.7 Å². The summed E-state index contributed by atoms with van der Waals surface area (Å²) in [7, 11) is 0. The summed E-state index contributed by atoms with van der Waals surface area (Å²) in [4.78, 5) is 62.1. The lowest BCUT2D eigenvalue weighted by molar-refractivity contribution is 0.0533. The Balaban J connectivity index is 0.00000297. The van der Waals surface area contributed by atoms with Crippen molar-refractivity contribution in [3.8, 4) is 11.5 Å². The van der Waals surface area contributed by atoms with Crippen LogP contribution in [0.1, 0.15) is 94.1 Å². The number of carbonyl (C=O) groups excluding carboxylic acids is 4. The monoisotopic (exact) mass is 706 g/mol. The van der Waals surface area contributed by atoms with Crippen molar-refractivity contribution in [2.24, 2.45) is 0 Å². The summed E-state index contributed by atoms with van der Waals surface area (Å²) in [6.45, 7) is 15.9. The molecule has 1 heterocycles. The zero-order valence-electron chi connectivity index (χ0n) is 31.1. The molecule has 0 aromatic heterocycles. The van der Waals surface area contributed by atoms with E-state index in [0.29, 0.717) is 0 Å². The first-order valence-corrected chi connectivity index (χ1v) is 18.1. The minimum atomic E-state index is -0.457. The van der Waals surface area contributed by atoms with Crippen molar-refractivity contribution in [3.05, 3.63) is 118 Å². The molecule has 4 aromatic carbocycles. The van der Waals surface area contributed by atoms with E-state index in [-0.39, 0.29) is 82.9 Å². The largest absolute Gasteiger partial charge is 0.507 e. The van der Waals surface area contributed by atoms with Gasteiger partial charge in [-0.3, -0.25) is 19.2 Å². The lowest BCUT2D eigenvalue weighted by atomic mass is 9.96. The standard InChI is InChI=1S/C40H44N4O6.C2H6/c1-5-41(6-2)27-17-19-33(35(45)25-27)37(47)29-13-9-11-15-31(29)39(49)43-21-23-44(24-22-43)40(50)32-16-12-10-14-30(32)38(48)34-20-18-28(26-36(34)46)42(7-3)8-4;1-2/h9-20,25-26,45-46H,5-8,21-24H2,1-4H3;1-2H3. The maximum Gasteiger partial charge on any atom is 0.254 e. The van der Waals surface area contributed by atoms with Crippen molar-refractivity contribution >= 4 is 34.8 Å². The highest BCUT2D eigenvalue weighted by Crippen LogP contribution is 2.30. The van der Waals surface area contributed by atoms with Crippen molar-refractivity contribution in [3.63, 3.8) is 0 Å². The zero-order valence-corrected chi connectivity index (χ0v) is 31.1. The van der Waals surface area contributed by atoms with Crippen LogP contribution in [0, 0.1) is 0 Å². The van der Waals surface area contributed by atoms with Crippen LogP contribution in [0.2, 0.25) is 0 Å². The lowest BCUT2D eigenvalue weighted by Gasteiger charge is -2.35. The molecule has 0 aliphatic carbocycles. The third kappa shape index (κ3) is 8.28. The van der Waals surface area contributed by atoms with Gasteiger partial charge in [0.05, 0.1) is 22.3 Å². The molecule has 1 aliphatic heterocycles. The second kappa shape index (κ2) is 18.0. The number of phenols is 2. The van der Waals surface area contributed by atoms with E-state index in [0.717, 1.165) is 37.6 Å². The molecule has 0 saturated carbocycles. The van der Waals surface area contributed by atoms with Crippen LogP contribution < -0.4 is 9.80 Å². The first kappa shape index (κ1) is 39.2. The summed E-state index contributed by atoms with van der Waals surface area (Å²) in [6, 6.07) is 23.0. The van der Waals surface area contributed by atoms with Gasteiger partial charge in [0.25, 0.3) is 11.8 Å². The van der Waals surface area contributed by atoms with Gasteiger partial charge in [-0.1, -0.05) is 50.2 Å². The number of ketones is 2. The number of benzene rings is 4. The van der Waals surface area contributed by atoms with Gasteiger partial charge in [0.2, 0.25) is 0 Å². The van der Waals surface area contributed by atoms with Crippen LogP contribution in [0.3, 0.4) is 0 Å². The van der Waals surface area contributed by atoms with Gasteiger partial charge >= 0.3 is 0 Å². The fraction of sp³-hybridized carbons (Fsp3) is 0.333. The lowest BCUT2D eigenvalue weighted by Crippen LogP contribution is -2.51. The molecule has 2 N–H and O–H groups in total. The molecule has 274 valence electrons. The number of rotatable bonds is 12. The van der Waals surface area contributed by atoms with Crippen molar-refractivity contribution in [1.29, 1.82) is 0 Å². The summed E-state index contributed by atoms with van der Waals surface area (Å²) >= 11 is 0. The number of hydrogen-bond donors (Lipinski definition) is 2. The van der Waals surface area contributed by atoms with E-state index < -0.39 is 11.6 Å². The number of anilines is 2. The summed E-state index contributed by atoms with van der Waals surface area (Å²) in [5, 5.41) is 21.6. The fourth-order valence-corrected chi connectivity index (χ4v) is 6.47. The van der Waals surface area contributed by atoms with E-state index >= 15 is 0 Å². The van der Waals surface area contributed by atoms with Crippen LogP contribution in [0.4, 0.5) is 11.4 Å². The van der Waals surface area contributed by atoms with Crippen molar-refractivity contribution in [2.45, 2.75) is 41.5 Å².